The number of anilines is 2. The number of hydrogen-bond donors (Lipinski definition) is 9. The second kappa shape index (κ2) is 19.3. The molecule has 2 unspecified atom stereocenters. The van der Waals surface area contributed by atoms with E-state index < -0.39 is 142 Å². The van der Waals surface area contributed by atoms with Crippen LogP contribution < -0.4 is 28.3 Å². The van der Waals surface area contributed by atoms with E-state index in [0.29, 0.717) is 4.57 Å². The second-order valence-corrected chi connectivity index (χ2v) is 18.7. The largest absolute Gasteiger partial charge is 0.472 e. The average molecular weight is 1040 g/mol. The molecule has 3 aliphatic rings. The highest BCUT2D eigenvalue weighted by molar-refractivity contribution is 7.47. The van der Waals surface area contributed by atoms with Gasteiger partial charge in [-0.2, -0.15) is 4.98 Å². The van der Waals surface area contributed by atoms with Gasteiger partial charge in [-0.05, 0) is 0 Å². The van der Waals surface area contributed by atoms with Gasteiger partial charge in [0.1, 0.15) is 66.8 Å². The van der Waals surface area contributed by atoms with Crippen molar-refractivity contribution >= 4 is 65.6 Å². The lowest BCUT2D eigenvalue weighted by Crippen LogP contribution is -2.39. The number of aromatic amines is 2. The minimum Gasteiger partial charge on any atom is -0.386 e. The van der Waals surface area contributed by atoms with Crippen molar-refractivity contribution in [2.24, 2.45) is 0 Å². The van der Waals surface area contributed by atoms with Crippen LogP contribution in [0.15, 0.2) is 45.6 Å². The highest BCUT2D eigenvalue weighted by atomic mass is 31.2. The van der Waals surface area contributed by atoms with Crippen LogP contribution in [0.25, 0.3) is 22.3 Å². The predicted octanol–water partition coefficient (Wildman–Crippen LogP) is -2.97. The number of ether oxygens (including phenoxy) is 3. The summed E-state index contributed by atoms with van der Waals surface area (Å²) in [5.74, 6) is -0.477. The maximum Gasteiger partial charge on any atom is 0.472 e. The number of phosphoric acid groups is 2. The van der Waals surface area contributed by atoms with Gasteiger partial charge in [-0.1, -0.05) is 0 Å². The molecule has 11 N–H and O–H groups in total. The van der Waals surface area contributed by atoms with E-state index in [1.807, 2.05) is 4.98 Å². The predicted molar refractivity (Wildman–Crippen MR) is 212 cm³/mol. The van der Waals surface area contributed by atoms with Crippen molar-refractivity contribution in [3.63, 3.8) is 0 Å². The Morgan fingerprint density at radius 3 is 1.79 bits per heavy atom. The summed E-state index contributed by atoms with van der Waals surface area (Å²) >= 11 is 0. The van der Waals surface area contributed by atoms with Gasteiger partial charge in [0, 0.05) is 12.3 Å². The number of aromatic nitrogens is 10. The van der Waals surface area contributed by atoms with Crippen LogP contribution in [-0.4, -0.2) is 148 Å². The lowest BCUT2D eigenvalue weighted by atomic mass is 10.1. The summed E-state index contributed by atoms with van der Waals surface area (Å²) in [5.41, 5.74) is 8.27. The van der Waals surface area contributed by atoms with Gasteiger partial charge in [0.05, 0.1) is 32.5 Å². The number of imidazole rings is 2. The molecule has 0 saturated carbocycles. The highest BCUT2D eigenvalue weighted by Gasteiger charge is 2.54. The fourth-order valence-corrected chi connectivity index (χ4v) is 10.0. The quantitative estimate of drug-likeness (QED) is 0.0396. The molecule has 3 fully saturated rings. The third kappa shape index (κ3) is 10.1. The summed E-state index contributed by atoms with van der Waals surface area (Å²) < 4.78 is 123. The Balaban J connectivity index is 1.02. The van der Waals surface area contributed by atoms with E-state index in [-0.39, 0.29) is 34.1 Å². The van der Waals surface area contributed by atoms with Gasteiger partial charge >= 0.3 is 37.1 Å². The average Bonchev–Trinajstić information content (AvgIpc) is 4.07. The molecule has 0 radical (unpaired) electrons. The molecule has 8 rings (SSSR count). The Morgan fingerprint density at radius 2 is 1.22 bits per heavy atom. The lowest BCUT2D eigenvalue weighted by Gasteiger charge is -2.26. The number of phosphoric ester groups is 2. The SMILES string of the molecule is Nc1nc2c(ncn2[C@@H]2O[C@H](COP(=O)(O)O[C@H]3[C@@H](O)[C@H](n4cnc5c(N)ncnc54)O[C@@H]3COP(=O)(O)O[C@H]3[C@@H](O)[C@H](n4ccc(=O)[nH]c4=O)O[C@@H]3COP(=O)=O)[C@@H](OP(=O)=O)[C@H]2O)c(=O)[nH]1. The summed E-state index contributed by atoms with van der Waals surface area (Å²) in [6.45, 7) is -3.22. The number of fused-ring (bicyclic) bond motifs is 2. The van der Waals surface area contributed by atoms with Crippen LogP contribution in [0.2, 0.25) is 0 Å². The molecule has 3 saturated heterocycles. The summed E-state index contributed by atoms with van der Waals surface area (Å²) in [6.07, 6.45) is -18.3. The van der Waals surface area contributed by atoms with Gasteiger partial charge in [0.15, 0.2) is 41.3 Å². The van der Waals surface area contributed by atoms with Crippen molar-refractivity contribution in [2.45, 2.75) is 73.6 Å². The smallest absolute Gasteiger partial charge is 0.386 e. The van der Waals surface area contributed by atoms with Gasteiger partial charge in [-0.15, -0.1) is 0 Å². The van der Waals surface area contributed by atoms with Crippen LogP contribution in [-0.2, 0) is 68.7 Å². The van der Waals surface area contributed by atoms with Gasteiger partial charge in [0.2, 0.25) is 5.95 Å². The van der Waals surface area contributed by atoms with Crippen LogP contribution in [0.1, 0.15) is 18.7 Å². The Morgan fingerprint density at radius 1 is 0.691 bits per heavy atom. The monoisotopic (exact) mass is 1040 g/mol. The van der Waals surface area contributed by atoms with Crippen molar-refractivity contribution in [2.75, 3.05) is 31.3 Å². The lowest BCUT2D eigenvalue weighted by molar-refractivity contribution is -0.0608. The van der Waals surface area contributed by atoms with Crippen LogP contribution in [0.3, 0.4) is 0 Å². The molecule has 8 heterocycles. The topological polar surface area (TPSA) is 501 Å². The van der Waals surface area contributed by atoms with E-state index in [9.17, 15) is 66.9 Å². The van der Waals surface area contributed by atoms with Gasteiger partial charge in [-0.3, -0.25) is 60.4 Å². The van der Waals surface area contributed by atoms with Crippen molar-refractivity contribution in [3.8, 4) is 0 Å². The van der Waals surface area contributed by atoms with Crippen molar-refractivity contribution < 1.29 is 93.8 Å². The maximum atomic E-state index is 13.7. The van der Waals surface area contributed by atoms with Gasteiger partial charge < -0.3 is 50.8 Å². The Hall–Kier alpha value is -5.12. The third-order valence-electron chi connectivity index (χ3n) is 10.3. The number of nitrogens with one attached hydrogen (secondary N) is 2. The first-order chi connectivity index (χ1) is 32.1. The highest BCUT2D eigenvalue weighted by Crippen LogP contribution is 2.52. The van der Waals surface area contributed by atoms with E-state index in [1.165, 1.54) is 0 Å². The molecule has 368 valence electrons. The summed E-state index contributed by atoms with van der Waals surface area (Å²) in [7, 11) is -18.4. The van der Waals surface area contributed by atoms with E-state index in [2.05, 4.69) is 34.4 Å². The number of hydrogen-bond acceptors (Lipinski definition) is 28. The zero-order valence-corrected chi connectivity index (χ0v) is 37.1. The standard InChI is InChI=1S/C29H34N12O23P4/c30-21-13-22(33-6-32-21)40(7-34-13)27-17(45)20(11(61-27)5-58-68(54,55)63-19-9(3-56-65(48)49)59-25(16(19)44)39-2-1-12(42)36-29(39)47)64-67(52,53)57-4-10-18(62-66(50)51)15(43)26(60-10)41-8-35-14-23(41)37-28(31)38-24(14)46/h1-2,6-11,15-20,25-27,43-45H,3-5H2,(H,52,53)(H,54,55)(H2,30,32,33)(H,36,42,47)(H3,31,37,38,46)/t9-,10-,11-,15-,16-,17-,18-,19-,20-,25-,26-,27-/m1/s1. The normalized spacial score (nSPS) is 30.2. The van der Waals surface area contributed by atoms with Crippen molar-refractivity contribution in [1.82, 2.24) is 48.6 Å². The summed E-state index contributed by atoms with van der Waals surface area (Å²) in [4.78, 5) is 82.3. The number of nitrogens with two attached hydrogens (primary N) is 2. The third-order valence-corrected chi connectivity index (χ3v) is 13.1. The molecule has 0 amide bonds. The number of aliphatic hydroxyl groups excluding tert-OH is 3. The maximum absolute atomic E-state index is 13.7. The molecular weight excluding hydrogens is 1010 g/mol. The Bertz CT molecular complexity index is 3120. The molecule has 3 aliphatic heterocycles. The van der Waals surface area contributed by atoms with E-state index in [0.717, 1.165) is 40.4 Å². The van der Waals surface area contributed by atoms with Gasteiger partial charge in [0.25, 0.3) is 11.1 Å². The zero-order valence-electron chi connectivity index (χ0n) is 33.5. The minimum absolute atomic E-state index is 0.00751. The number of nitrogen functional groups attached to an aromatic ring is 2. The molecule has 35 nitrogen and oxygen atoms in total. The summed E-state index contributed by atoms with van der Waals surface area (Å²) in [6, 6.07) is 0.870. The van der Waals surface area contributed by atoms with Crippen LogP contribution in [0, 0.1) is 0 Å². The van der Waals surface area contributed by atoms with E-state index in [4.69, 9.17) is 48.3 Å². The van der Waals surface area contributed by atoms with E-state index in [1.54, 1.807) is 0 Å². The zero-order chi connectivity index (χ0) is 49.0. The molecule has 5 aromatic rings. The fourth-order valence-electron chi connectivity index (χ4n) is 7.39. The first-order valence-corrected chi connectivity index (χ1v) is 24.2. The molecule has 5 aromatic heterocycles. The molecule has 0 aromatic carbocycles. The van der Waals surface area contributed by atoms with Crippen molar-refractivity contribution in [3.05, 3.63) is 62.4 Å². The molecule has 39 heteroatoms. The number of nitrogens with zero attached hydrogens (tertiary/aromatic N) is 8. The first kappa shape index (κ1) is 49.3. The van der Waals surface area contributed by atoms with Crippen LogP contribution in [0.5, 0.6) is 0 Å². The van der Waals surface area contributed by atoms with Crippen LogP contribution in [0.4, 0.5) is 11.8 Å². The summed E-state index contributed by atoms with van der Waals surface area (Å²) in [5, 5.41) is 33.8. The molecule has 0 bridgehead atoms. The number of aliphatic hydroxyl groups is 3. The number of H-pyrrole nitrogens is 2. The molecule has 14 atom stereocenters. The molecule has 68 heavy (non-hydrogen) atoms. The Kier molecular flexibility index (Phi) is 14.0. The molecule has 0 spiro atoms. The van der Waals surface area contributed by atoms with E-state index >= 15 is 0 Å². The molecular formula is C29H34N12O23P4. The van der Waals surface area contributed by atoms with Crippen molar-refractivity contribution in [1.29, 1.82) is 0 Å². The molecule has 0 aliphatic carbocycles. The number of rotatable bonds is 18. The van der Waals surface area contributed by atoms with Gasteiger partial charge in [-0.25, -0.2) is 52.1 Å². The fraction of sp³-hybridized carbons (Fsp3) is 0.517. The Labute approximate surface area is 374 Å². The second-order valence-electron chi connectivity index (χ2n) is 14.5. The van der Waals surface area contributed by atoms with Crippen LogP contribution >= 0.6 is 31.5 Å². The first-order valence-electron chi connectivity index (χ1n) is 19.0. The minimum atomic E-state index is -5.56.